The van der Waals surface area contributed by atoms with E-state index in [1.54, 1.807) is 0 Å². The molecule has 0 aromatic heterocycles. The zero-order valence-electron chi connectivity index (χ0n) is 9.10. The van der Waals surface area contributed by atoms with Gasteiger partial charge >= 0.3 is 0 Å². The summed E-state index contributed by atoms with van der Waals surface area (Å²) >= 11 is 0. The Labute approximate surface area is 91.9 Å². The number of rotatable bonds is 7. The first kappa shape index (κ1) is 11.8. The lowest BCUT2D eigenvalue weighted by Crippen LogP contribution is -2.25. The van der Waals surface area contributed by atoms with Crippen molar-refractivity contribution in [2.24, 2.45) is 0 Å². The van der Waals surface area contributed by atoms with Gasteiger partial charge in [0.1, 0.15) is 0 Å². The molecule has 0 unspecified atom stereocenters. The van der Waals surface area contributed by atoms with Crippen LogP contribution in [-0.4, -0.2) is 24.8 Å². The molecule has 1 N–H and O–H groups in total. The Bertz CT molecular complexity index is 271. The lowest BCUT2D eigenvalue weighted by molar-refractivity contribution is 0.289. The molecule has 0 heterocycles. The van der Waals surface area contributed by atoms with E-state index < -0.39 is 0 Å². The summed E-state index contributed by atoms with van der Waals surface area (Å²) < 4.78 is 0. The van der Waals surface area contributed by atoms with Gasteiger partial charge < -0.3 is 10.0 Å². The first-order valence-electron chi connectivity index (χ1n) is 5.40. The lowest BCUT2D eigenvalue weighted by atomic mass is 10.2. The van der Waals surface area contributed by atoms with Crippen LogP contribution in [-0.2, 0) is 0 Å². The van der Waals surface area contributed by atoms with Gasteiger partial charge in [-0.15, -0.1) is 6.58 Å². The van der Waals surface area contributed by atoms with Gasteiger partial charge in [-0.2, -0.15) is 0 Å². The Hall–Kier alpha value is -1.28. The van der Waals surface area contributed by atoms with Crippen LogP contribution in [0.15, 0.2) is 43.0 Å². The molecule has 0 amide bonds. The van der Waals surface area contributed by atoms with E-state index >= 15 is 0 Å². The van der Waals surface area contributed by atoms with Gasteiger partial charge in [0.25, 0.3) is 0 Å². The zero-order valence-corrected chi connectivity index (χ0v) is 9.10. The highest BCUT2D eigenvalue weighted by Gasteiger charge is 2.03. The van der Waals surface area contributed by atoms with Crippen LogP contribution in [0.5, 0.6) is 0 Å². The summed E-state index contributed by atoms with van der Waals surface area (Å²) in [4.78, 5) is 2.28. The van der Waals surface area contributed by atoms with E-state index in [-0.39, 0.29) is 6.61 Å². The number of hydrogen-bond donors (Lipinski definition) is 1. The van der Waals surface area contributed by atoms with E-state index in [9.17, 15) is 0 Å². The van der Waals surface area contributed by atoms with Crippen LogP contribution in [0, 0.1) is 0 Å². The quantitative estimate of drug-likeness (QED) is 0.691. The Morgan fingerprint density at radius 2 is 1.93 bits per heavy atom. The summed E-state index contributed by atoms with van der Waals surface area (Å²) in [6.45, 7) is 5.84. The fraction of sp³-hybridized carbons (Fsp3) is 0.385. The van der Waals surface area contributed by atoms with Gasteiger partial charge in [-0.05, 0) is 25.0 Å². The Kier molecular flexibility index (Phi) is 5.56. The summed E-state index contributed by atoms with van der Waals surface area (Å²) in [5.41, 5.74) is 1.22. The van der Waals surface area contributed by atoms with Crippen molar-refractivity contribution in [1.82, 2.24) is 0 Å². The van der Waals surface area contributed by atoms with Crippen LogP contribution in [0.1, 0.15) is 12.8 Å². The van der Waals surface area contributed by atoms with Crippen molar-refractivity contribution >= 4 is 5.69 Å². The van der Waals surface area contributed by atoms with Gasteiger partial charge in [0.05, 0.1) is 0 Å². The van der Waals surface area contributed by atoms with Crippen LogP contribution < -0.4 is 4.90 Å². The van der Waals surface area contributed by atoms with Gasteiger partial charge in [-0.25, -0.2) is 0 Å². The summed E-state index contributed by atoms with van der Waals surface area (Å²) in [6, 6.07) is 10.3. The number of anilines is 1. The van der Waals surface area contributed by atoms with Crippen LogP contribution in [0.3, 0.4) is 0 Å². The summed E-state index contributed by atoms with van der Waals surface area (Å²) in [6.07, 6.45) is 3.71. The standard InChI is InChI=1S/C13H19NO/c1-2-3-10-14(11-7-12-15)13-8-5-4-6-9-13/h2,4-6,8-9,15H,1,3,7,10-12H2. The Morgan fingerprint density at radius 1 is 1.20 bits per heavy atom. The molecule has 15 heavy (non-hydrogen) atoms. The maximum absolute atomic E-state index is 8.84. The molecule has 2 heteroatoms. The summed E-state index contributed by atoms with van der Waals surface area (Å²) in [5.74, 6) is 0. The third-order valence-electron chi connectivity index (χ3n) is 2.31. The molecule has 0 bridgehead atoms. The second kappa shape index (κ2) is 7.07. The third-order valence-corrected chi connectivity index (χ3v) is 2.31. The molecule has 0 radical (unpaired) electrons. The van der Waals surface area contributed by atoms with Crippen LogP contribution in [0.25, 0.3) is 0 Å². The molecule has 1 aromatic rings. The Balaban J connectivity index is 2.58. The van der Waals surface area contributed by atoms with Crippen molar-refractivity contribution in [3.8, 4) is 0 Å². The number of para-hydroxylation sites is 1. The molecule has 0 saturated carbocycles. The van der Waals surface area contributed by atoms with Gasteiger partial charge in [0, 0.05) is 25.4 Å². The molecule has 0 aliphatic rings. The fourth-order valence-electron chi connectivity index (χ4n) is 1.52. The molecule has 0 aliphatic heterocycles. The predicted octanol–water partition coefficient (Wildman–Crippen LogP) is 2.45. The predicted molar refractivity (Wildman–Crippen MR) is 65.2 cm³/mol. The molecule has 0 spiro atoms. The summed E-state index contributed by atoms with van der Waals surface area (Å²) in [7, 11) is 0. The van der Waals surface area contributed by atoms with Gasteiger partial charge in [-0.3, -0.25) is 0 Å². The Morgan fingerprint density at radius 3 is 2.53 bits per heavy atom. The summed E-state index contributed by atoms with van der Waals surface area (Å²) in [5, 5.41) is 8.84. The minimum atomic E-state index is 0.247. The van der Waals surface area contributed by atoms with Crippen molar-refractivity contribution in [1.29, 1.82) is 0 Å². The monoisotopic (exact) mass is 205 g/mol. The van der Waals surface area contributed by atoms with E-state index in [0.717, 1.165) is 25.9 Å². The fourth-order valence-corrected chi connectivity index (χ4v) is 1.52. The van der Waals surface area contributed by atoms with E-state index in [1.807, 2.05) is 24.3 Å². The van der Waals surface area contributed by atoms with Gasteiger partial charge in [-0.1, -0.05) is 24.3 Å². The van der Waals surface area contributed by atoms with Crippen molar-refractivity contribution in [3.05, 3.63) is 43.0 Å². The van der Waals surface area contributed by atoms with Crippen molar-refractivity contribution in [3.63, 3.8) is 0 Å². The number of nitrogens with zero attached hydrogens (tertiary/aromatic N) is 1. The molecule has 0 fully saturated rings. The lowest BCUT2D eigenvalue weighted by Gasteiger charge is -2.23. The van der Waals surface area contributed by atoms with E-state index in [1.165, 1.54) is 5.69 Å². The number of hydrogen-bond acceptors (Lipinski definition) is 2. The maximum Gasteiger partial charge on any atom is 0.0447 e. The molecular weight excluding hydrogens is 186 g/mol. The second-order valence-corrected chi connectivity index (χ2v) is 3.48. The van der Waals surface area contributed by atoms with Crippen molar-refractivity contribution in [2.45, 2.75) is 12.8 Å². The highest BCUT2D eigenvalue weighted by atomic mass is 16.3. The average Bonchev–Trinajstić information content (AvgIpc) is 2.30. The maximum atomic E-state index is 8.84. The largest absolute Gasteiger partial charge is 0.396 e. The van der Waals surface area contributed by atoms with Crippen LogP contribution >= 0.6 is 0 Å². The molecule has 1 rings (SSSR count). The minimum absolute atomic E-state index is 0.247. The van der Waals surface area contributed by atoms with Gasteiger partial charge in [0.15, 0.2) is 0 Å². The van der Waals surface area contributed by atoms with Crippen LogP contribution in [0.4, 0.5) is 5.69 Å². The van der Waals surface area contributed by atoms with Gasteiger partial charge in [0.2, 0.25) is 0 Å². The number of aliphatic hydroxyl groups excluding tert-OH is 1. The van der Waals surface area contributed by atoms with E-state index in [2.05, 4.69) is 23.6 Å². The van der Waals surface area contributed by atoms with E-state index in [4.69, 9.17) is 5.11 Å². The minimum Gasteiger partial charge on any atom is -0.396 e. The second-order valence-electron chi connectivity index (χ2n) is 3.48. The topological polar surface area (TPSA) is 23.5 Å². The smallest absolute Gasteiger partial charge is 0.0447 e. The molecular formula is C13H19NO. The number of aliphatic hydroxyl groups is 1. The normalized spacial score (nSPS) is 9.93. The van der Waals surface area contributed by atoms with Crippen LogP contribution in [0.2, 0.25) is 0 Å². The highest BCUT2D eigenvalue weighted by molar-refractivity contribution is 5.45. The first-order chi connectivity index (χ1) is 7.38. The molecule has 0 aliphatic carbocycles. The molecule has 0 saturated heterocycles. The molecule has 0 atom stereocenters. The average molecular weight is 205 g/mol. The SMILES string of the molecule is C=CCCN(CCCO)c1ccccc1. The first-order valence-corrected chi connectivity index (χ1v) is 5.40. The molecule has 2 nitrogen and oxygen atoms in total. The third kappa shape index (κ3) is 4.17. The van der Waals surface area contributed by atoms with Crippen molar-refractivity contribution in [2.75, 3.05) is 24.6 Å². The zero-order chi connectivity index (χ0) is 10.9. The number of benzene rings is 1. The molecule has 82 valence electrons. The van der Waals surface area contributed by atoms with E-state index in [0.29, 0.717) is 0 Å². The molecule has 1 aromatic carbocycles. The highest BCUT2D eigenvalue weighted by Crippen LogP contribution is 2.13. The van der Waals surface area contributed by atoms with Crippen molar-refractivity contribution < 1.29 is 5.11 Å².